The third-order valence-electron chi connectivity index (χ3n) is 1.33. The van der Waals surface area contributed by atoms with Crippen molar-refractivity contribution in [1.29, 1.82) is 0 Å². The van der Waals surface area contributed by atoms with E-state index in [1.54, 1.807) is 0 Å². The van der Waals surface area contributed by atoms with Crippen LogP contribution in [0.5, 0.6) is 0 Å². The molecule has 0 fully saturated rings. The number of allylic oxidation sites excluding steroid dienone is 1. The van der Waals surface area contributed by atoms with Gasteiger partial charge < -0.3 is 11.5 Å². The molecule has 19 heavy (non-hydrogen) atoms. The molecule has 0 atom stereocenters. The molecule has 1 rings (SSSR count). The predicted octanol–water partition coefficient (Wildman–Crippen LogP) is 4.11. The van der Waals surface area contributed by atoms with Gasteiger partial charge in [-0.05, 0) is 13.3 Å². The first-order chi connectivity index (χ1) is 9.16. The van der Waals surface area contributed by atoms with Crippen molar-refractivity contribution in [2.24, 2.45) is 21.5 Å². The Bertz CT molecular complexity index is 214. The summed E-state index contributed by atoms with van der Waals surface area (Å²) < 4.78 is 0. The fraction of sp³-hybridized carbons (Fsp3) is 0.733. The average Bonchev–Trinajstić information content (AvgIpc) is 2.95. The number of nitrogens with zero attached hydrogens (tertiary/aromatic N) is 2. The van der Waals surface area contributed by atoms with Crippen LogP contribution < -0.4 is 11.5 Å². The van der Waals surface area contributed by atoms with Gasteiger partial charge in [-0.2, -0.15) is 0 Å². The van der Waals surface area contributed by atoms with E-state index in [0.717, 1.165) is 19.4 Å². The molecule has 116 valence electrons. The number of hydrogen-bond acceptors (Lipinski definition) is 2. The standard InChI is InChI=1S/C5H7N.C4H11N3.3C2H6/c1-5-3-2-4-6-5;1-2-3-7-4(5)6;3*1-2/h2,4H,3H2,1H3;2-3H2,1H3,(H4,5,6,7);3*1-2H3. The van der Waals surface area contributed by atoms with Crippen LogP contribution in [0.2, 0.25) is 0 Å². The van der Waals surface area contributed by atoms with Crippen molar-refractivity contribution in [3.63, 3.8) is 0 Å². The predicted molar refractivity (Wildman–Crippen MR) is 91.9 cm³/mol. The van der Waals surface area contributed by atoms with Gasteiger partial charge in [-0.1, -0.05) is 54.5 Å². The van der Waals surface area contributed by atoms with E-state index in [1.807, 2.05) is 61.6 Å². The highest BCUT2D eigenvalue weighted by Crippen LogP contribution is 1.96. The molecule has 0 unspecified atom stereocenters. The maximum Gasteiger partial charge on any atom is 0.185 e. The van der Waals surface area contributed by atoms with Crippen LogP contribution in [-0.2, 0) is 0 Å². The van der Waals surface area contributed by atoms with E-state index in [-0.39, 0.29) is 5.96 Å². The summed E-state index contributed by atoms with van der Waals surface area (Å²) in [6, 6.07) is 0. The molecule has 1 heterocycles. The average molecular weight is 272 g/mol. The summed E-state index contributed by atoms with van der Waals surface area (Å²) in [5.74, 6) is 0.182. The summed E-state index contributed by atoms with van der Waals surface area (Å²) in [6.07, 6.45) is 5.95. The minimum atomic E-state index is 0.182. The Morgan fingerprint density at radius 1 is 1.16 bits per heavy atom. The Balaban J connectivity index is -0.0000000854. The van der Waals surface area contributed by atoms with Crippen LogP contribution in [-0.4, -0.2) is 18.2 Å². The van der Waals surface area contributed by atoms with E-state index < -0.39 is 0 Å². The first kappa shape index (κ1) is 26.3. The number of aliphatic imine (C=N–C) groups is 2. The lowest BCUT2D eigenvalue weighted by molar-refractivity contribution is 0.927. The van der Waals surface area contributed by atoms with Crippen LogP contribution >= 0.6 is 0 Å². The summed E-state index contributed by atoms with van der Waals surface area (Å²) in [5, 5.41) is 0. The molecule has 0 aromatic heterocycles. The Labute approximate surface area is 121 Å². The number of hydrogen-bond donors (Lipinski definition) is 2. The van der Waals surface area contributed by atoms with Crippen LogP contribution in [0.1, 0.15) is 68.2 Å². The summed E-state index contributed by atoms with van der Waals surface area (Å²) in [5.41, 5.74) is 11.2. The van der Waals surface area contributed by atoms with Gasteiger partial charge in [0.25, 0.3) is 0 Å². The Kier molecular flexibility index (Phi) is 41.6. The van der Waals surface area contributed by atoms with Crippen LogP contribution in [0, 0.1) is 0 Å². The third kappa shape index (κ3) is 38.4. The van der Waals surface area contributed by atoms with Gasteiger partial charge in [0, 0.05) is 24.9 Å². The van der Waals surface area contributed by atoms with Crippen molar-refractivity contribution in [3.05, 3.63) is 12.3 Å². The largest absolute Gasteiger partial charge is 0.370 e. The zero-order valence-corrected chi connectivity index (χ0v) is 14.3. The number of rotatable bonds is 2. The SMILES string of the molecule is CC.CC.CC.CC1=NC=CC1.CCCN=C(N)N. The third-order valence-corrected chi connectivity index (χ3v) is 1.33. The van der Waals surface area contributed by atoms with Crippen molar-refractivity contribution in [3.8, 4) is 0 Å². The second kappa shape index (κ2) is 30.1. The Morgan fingerprint density at radius 3 is 1.74 bits per heavy atom. The van der Waals surface area contributed by atoms with E-state index in [4.69, 9.17) is 11.5 Å². The zero-order valence-electron chi connectivity index (χ0n) is 14.3. The van der Waals surface area contributed by atoms with Crippen molar-refractivity contribution in [2.75, 3.05) is 6.54 Å². The van der Waals surface area contributed by atoms with E-state index in [0.29, 0.717) is 0 Å². The van der Waals surface area contributed by atoms with E-state index in [1.165, 1.54) is 5.71 Å². The van der Waals surface area contributed by atoms with Crippen LogP contribution in [0.3, 0.4) is 0 Å². The lowest BCUT2D eigenvalue weighted by Crippen LogP contribution is -2.22. The molecule has 1 aliphatic heterocycles. The molecule has 0 radical (unpaired) electrons. The second-order valence-corrected chi connectivity index (χ2v) is 2.76. The molecular weight excluding hydrogens is 236 g/mol. The topological polar surface area (TPSA) is 76.8 Å². The molecule has 4 heteroatoms. The molecule has 0 saturated carbocycles. The Morgan fingerprint density at radius 2 is 1.63 bits per heavy atom. The van der Waals surface area contributed by atoms with Crippen molar-refractivity contribution < 1.29 is 0 Å². The maximum atomic E-state index is 5.01. The zero-order chi connectivity index (χ0) is 16.1. The molecule has 4 nitrogen and oxygen atoms in total. The van der Waals surface area contributed by atoms with Gasteiger partial charge in [-0.3, -0.25) is 9.98 Å². The van der Waals surface area contributed by atoms with Crippen LogP contribution in [0.4, 0.5) is 0 Å². The first-order valence-electron chi connectivity index (χ1n) is 7.40. The molecule has 0 saturated heterocycles. The van der Waals surface area contributed by atoms with E-state index in [9.17, 15) is 0 Å². The van der Waals surface area contributed by atoms with Gasteiger partial charge in [-0.25, -0.2) is 0 Å². The van der Waals surface area contributed by atoms with Crippen LogP contribution in [0.15, 0.2) is 22.3 Å². The summed E-state index contributed by atoms with van der Waals surface area (Å²) in [4.78, 5) is 7.69. The molecule has 0 aliphatic carbocycles. The highest BCUT2D eigenvalue weighted by molar-refractivity contribution is 5.85. The summed E-state index contributed by atoms with van der Waals surface area (Å²) >= 11 is 0. The first-order valence-corrected chi connectivity index (χ1v) is 7.40. The molecule has 1 aliphatic rings. The summed E-state index contributed by atoms with van der Waals surface area (Å²) in [6.45, 7) is 16.8. The van der Waals surface area contributed by atoms with Crippen LogP contribution in [0.25, 0.3) is 0 Å². The molecule has 0 aromatic carbocycles. The lowest BCUT2D eigenvalue weighted by Gasteiger charge is -1.86. The molecule has 0 bridgehead atoms. The Hall–Kier alpha value is -1.32. The van der Waals surface area contributed by atoms with Gasteiger partial charge >= 0.3 is 0 Å². The highest BCUT2D eigenvalue weighted by atomic mass is 15.0. The van der Waals surface area contributed by atoms with Crippen molar-refractivity contribution in [1.82, 2.24) is 0 Å². The van der Waals surface area contributed by atoms with E-state index in [2.05, 4.69) is 16.1 Å². The molecular formula is C15H36N4. The van der Waals surface area contributed by atoms with Gasteiger partial charge in [-0.15, -0.1) is 0 Å². The summed E-state index contributed by atoms with van der Waals surface area (Å²) in [7, 11) is 0. The lowest BCUT2D eigenvalue weighted by atomic mass is 10.3. The van der Waals surface area contributed by atoms with Crippen molar-refractivity contribution in [2.45, 2.75) is 68.2 Å². The van der Waals surface area contributed by atoms with Gasteiger partial charge in [0.05, 0.1) is 0 Å². The fourth-order valence-electron chi connectivity index (χ4n) is 0.697. The smallest absolute Gasteiger partial charge is 0.185 e. The minimum Gasteiger partial charge on any atom is -0.370 e. The highest BCUT2D eigenvalue weighted by Gasteiger charge is 1.88. The number of guanidine groups is 1. The molecule has 0 spiro atoms. The fourth-order valence-corrected chi connectivity index (χ4v) is 0.697. The molecule has 0 amide bonds. The van der Waals surface area contributed by atoms with Gasteiger partial charge in [0.1, 0.15) is 0 Å². The monoisotopic (exact) mass is 272 g/mol. The van der Waals surface area contributed by atoms with Gasteiger partial charge in [0.2, 0.25) is 0 Å². The molecule has 0 aromatic rings. The normalized spacial score (nSPS) is 9.79. The maximum absolute atomic E-state index is 5.01. The van der Waals surface area contributed by atoms with Crippen molar-refractivity contribution >= 4 is 11.7 Å². The minimum absolute atomic E-state index is 0.182. The number of nitrogens with two attached hydrogens (primary N) is 2. The molecule has 4 N–H and O–H groups in total. The second-order valence-electron chi connectivity index (χ2n) is 2.76. The van der Waals surface area contributed by atoms with E-state index >= 15 is 0 Å². The van der Waals surface area contributed by atoms with Gasteiger partial charge in [0.15, 0.2) is 5.96 Å². The quantitative estimate of drug-likeness (QED) is 0.586.